The zero-order valence-corrected chi connectivity index (χ0v) is 22.7. The molecule has 2 aromatic carbocycles. The highest BCUT2D eigenvalue weighted by Gasteiger charge is 2.42. The highest BCUT2D eigenvalue weighted by Crippen LogP contribution is 2.44. The van der Waals surface area contributed by atoms with Crippen molar-refractivity contribution >= 4 is 23.0 Å². The number of thiocarbonyl (C=S) groups is 1. The molecule has 0 radical (unpaired) electrons. The predicted molar refractivity (Wildman–Crippen MR) is 153 cm³/mol. The summed E-state index contributed by atoms with van der Waals surface area (Å²) in [6.45, 7) is 13.2. The van der Waals surface area contributed by atoms with Crippen molar-refractivity contribution in [1.29, 1.82) is 0 Å². The third kappa shape index (κ3) is 4.11. The highest BCUT2D eigenvalue weighted by molar-refractivity contribution is 7.80. The molecule has 1 saturated heterocycles. The summed E-state index contributed by atoms with van der Waals surface area (Å²) in [5.41, 5.74) is 10.9. The van der Waals surface area contributed by atoms with Crippen LogP contribution in [0.15, 0.2) is 72.9 Å². The standard InChI is InChI=1S/C31H34N4S/c1-19(2)24-13-15-25(16-14-24)35-30(29(33-31(35)36)27-11-7-8-17-32-27)26-18-21(4)34(23(26)6)28-12-9-10-20(3)22(28)5/h7-19,29-30H,1-6H3,(H,33,36). The van der Waals surface area contributed by atoms with Crippen LogP contribution in [0.5, 0.6) is 0 Å². The van der Waals surface area contributed by atoms with Gasteiger partial charge in [0.05, 0.1) is 17.8 Å². The van der Waals surface area contributed by atoms with E-state index in [1.165, 1.54) is 39.3 Å². The molecule has 0 bridgehead atoms. The molecule has 4 nitrogen and oxygen atoms in total. The van der Waals surface area contributed by atoms with E-state index in [0.29, 0.717) is 5.92 Å². The van der Waals surface area contributed by atoms with E-state index in [2.05, 4.69) is 111 Å². The van der Waals surface area contributed by atoms with Crippen molar-refractivity contribution in [3.05, 3.63) is 112 Å². The lowest BCUT2D eigenvalue weighted by molar-refractivity contribution is 0.565. The number of nitrogens with zero attached hydrogens (tertiary/aromatic N) is 3. The smallest absolute Gasteiger partial charge is 0.174 e. The zero-order valence-electron chi connectivity index (χ0n) is 21.9. The Kier molecular flexibility index (Phi) is 6.44. The summed E-state index contributed by atoms with van der Waals surface area (Å²) in [5, 5.41) is 4.33. The van der Waals surface area contributed by atoms with E-state index in [1.807, 2.05) is 18.3 Å². The van der Waals surface area contributed by atoms with Gasteiger partial charge in [-0.1, -0.05) is 44.2 Å². The first-order chi connectivity index (χ1) is 17.3. The van der Waals surface area contributed by atoms with Crippen LogP contribution in [0.4, 0.5) is 5.69 Å². The van der Waals surface area contributed by atoms with Crippen molar-refractivity contribution in [2.45, 2.75) is 59.5 Å². The van der Waals surface area contributed by atoms with E-state index in [1.54, 1.807) is 0 Å². The van der Waals surface area contributed by atoms with Crippen LogP contribution in [-0.4, -0.2) is 14.7 Å². The van der Waals surface area contributed by atoms with Crippen LogP contribution >= 0.6 is 12.2 Å². The van der Waals surface area contributed by atoms with Gasteiger partial charge in [0.1, 0.15) is 0 Å². The Labute approximate surface area is 220 Å². The molecule has 184 valence electrons. The molecule has 1 N–H and O–H groups in total. The molecular weight excluding hydrogens is 460 g/mol. The van der Waals surface area contributed by atoms with Crippen LogP contribution in [0.2, 0.25) is 0 Å². The van der Waals surface area contributed by atoms with Crippen LogP contribution in [0.3, 0.4) is 0 Å². The average molecular weight is 495 g/mol. The van der Waals surface area contributed by atoms with Gasteiger partial charge in [0.2, 0.25) is 0 Å². The number of pyridine rings is 1. The quantitative estimate of drug-likeness (QED) is 0.293. The topological polar surface area (TPSA) is 33.1 Å². The van der Waals surface area contributed by atoms with E-state index in [0.717, 1.165) is 16.5 Å². The number of aromatic nitrogens is 2. The number of anilines is 1. The first-order valence-corrected chi connectivity index (χ1v) is 13.0. The van der Waals surface area contributed by atoms with Gasteiger partial charge in [0.15, 0.2) is 5.11 Å². The van der Waals surface area contributed by atoms with Gasteiger partial charge in [0, 0.05) is 29.0 Å². The zero-order chi connectivity index (χ0) is 25.6. The summed E-state index contributed by atoms with van der Waals surface area (Å²) >= 11 is 5.96. The molecule has 1 aliphatic rings. The Balaban J connectivity index is 1.68. The first-order valence-electron chi connectivity index (χ1n) is 12.6. The third-order valence-corrected chi connectivity index (χ3v) is 7.86. The van der Waals surface area contributed by atoms with Gasteiger partial charge in [-0.15, -0.1) is 0 Å². The van der Waals surface area contributed by atoms with Crippen LogP contribution in [0, 0.1) is 27.7 Å². The molecule has 0 amide bonds. The summed E-state index contributed by atoms with van der Waals surface area (Å²) in [6, 6.07) is 23.7. The number of hydrogen-bond acceptors (Lipinski definition) is 2. The number of nitrogens with one attached hydrogen (secondary N) is 1. The molecule has 5 heteroatoms. The maximum Gasteiger partial charge on any atom is 0.174 e. The van der Waals surface area contributed by atoms with Gasteiger partial charge in [-0.05, 0) is 104 Å². The van der Waals surface area contributed by atoms with E-state index >= 15 is 0 Å². The molecule has 2 aromatic heterocycles. The van der Waals surface area contributed by atoms with Crippen molar-refractivity contribution in [3.63, 3.8) is 0 Å². The molecule has 5 rings (SSSR count). The maximum atomic E-state index is 5.96. The first kappa shape index (κ1) is 24.3. The van der Waals surface area contributed by atoms with Gasteiger partial charge in [-0.2, -0.15) is 0 Å². The average Bonchev–Trinajstić information content (AvgIpc) is 3.36. The second-order valence-electron chi connectivity index (χ2n) is 10.1. The molecule has 3 heterocycles. The third-order valence-electron chi connectivity index (χ3n) is 7.54. The fourth-order valence-electron chi connectivity index (χ4n) is 5.40. The van der Waals surface area contributed by atoms with Crippen LogP contribution in [0.25, 0.3) is 5.69 Å². The molecular formula is C31H34N4S. The lowest BCUT2D eigenvalue weighted by Gasteiger charge is -2.28. The van der Waals surface area contributed by atoms with Gasteiger partial charge in [-0.25, -0.2) is 0 Å². The minimum atomic E-state index is -0.0592. The number of aryl methyl sites for hydroxylation is 2. The van der Waals surface area contributed by atoms with Crippen LogP contribution in [0.1, 0.15) is 71.2 Å². The lowest BCUT2D eigenvalue weighted by atomic mass is 9.96. The lowest BCUT2D eigenvalue weighted by Crippen LogP contribution is -2.29. The second kappa shape index (κ2) is 9.55. The molecule has 2 atom stereocenters. The fraction of sp³-hybridized carbons (Fsp3) is 0.290. The van der Waals surface area contributed by atoms with E-state index in [9.17, 15) is 0 Å². The number of benzene rings is 2. The second-order valence-corrected chi connectivity index (χ2v) is 10.5. The largest absolute Gasteiger partial charge is 0.351 e. The van der Waals surface area contributed by atoms with E-state index in [4.69, 9.17) is 17.2 Å². The van der Waals surface area contributed by atoms with Crippen molar-refractivity contribution < 1.29 is 0 Å². The number of hydrogen-bond donors (Lipinski definition) is 1. The van der Waals surface area contributed by atoms with Gasteiger partial charge in [-0.3, -0.25) is 4.98 Å². The normalized spacial score (nSPS) is 17.6. The fourth-order valence-corrected chi connectivity index (χ4v) is 5.75. The van der Waals surface area contributed by atoms with Crippen molar-refractivity contribution in [1.82, 2.24) is 14.9 Å². The molecule has 0 saturated carbocycles. The highest BCUT2D eigenvalue weighted by atomic mass is 32.1. The van der Waals surface area contributed by atoms with Gasteiger partial charge in [0.25, 0.3) is 0 Å². The van der Waals surface area contributed by atoms with Gasteiger partial charge < -0.3 is 14.8 Å². The van der Waals surface area contributed by atoms with Crippen LogP contribution in [-0.2, 0) is 0 Å². The predicted octanol–water partition coefficient (Wildman–Crippen LogP) is 7.41. The molecule has 2 unspecified atom stereocenters. The number of rotatable bonds is 5. The Morgan fingerprint density at radius 2 is 1.67 bits per heavy atom. The minimum Gasteiger partial charge on any atom is -0.351 e. The monoisotopic (exact) mass is 494 g/mol. The molecule has 1 aliphatic heterocycles. The summed E-state index contributed by atoms with van der Waals surface area (Å²) in [4.78, 5) is 7.00. The Hall–Kier alpha value is -3.44. The van der Waals surface area contributed by atoms with Crippen molar-refractivity contribution in [3.8, 4) is 5.69 Å². The SMILES string of the molecule is Cc1cccc(-n2c(C)cc(C3C(c4ccccn4)NC(=S)N3c3ccc(C(C)C)cc3)c2C)c1C. The van der Waals surface area contributed by atoms with E-state index < -0.39 is 0 Å². The summed E-state index contributed by atoms with van der Waals surface area (Å²) in [6.07, 6.45) is 1.86. The minimum absolute atomic E-state index is 0.0256. The van der Waals surface area contributed by atoms with Crippen LogP contribution < -0.4 is 10.2 Å². The summed E-state index contributed by atoms with van der Waals surface area (Å²) < 4.78 is 2.38. The van der Waals surface area contributed by atoms with E-state index in [-0.39, 0.29) is 12.1 Å². The maximum absolute atomic E-state index is 5.96. The molecule has 1 fully saturated rings. The Morgan fingerprint density at radius 3 is 2.33 bits per heavy atom. The Morgan fingerprint density at radius 1 is 0.917 bits per heavy atom. The molecule has 0 aliphatic carbocycles. The Bertz CT molecular complexity index is 1400. The molecule has 0 spiro atoms. The van der Waals surface area contributed by atoms with Crippen molar-refractivity contribution in [2.24, 2.45) is 0 Å². The van der Waals surface area contributed by atoms with Gasteiger partial charge >= 0.3 is 0 Å². The summed E-state index contributed by atoms with van der Waals surface area (Å²) in [5.74, 6) is 0.483. The summed E-state index contributed by atoms with van der Waals surface area (Å²) in [7, 11) is 0. The molecule has 36 heavy (non-hydrogen) atoms. The van der Waals surface area contributed by atoms with Crippen molar-refractivity contribution in [2.75, 3.05) is 4.90 Å². The molecule has 4 aromatic rings.